The van der Waals surface area contributed by atoms with Crippen molar-refractivity contribution in [2.24, 2.45) is 0 Å². The van der Waals surface area contributed by atoms with E-state index in [1.807, 2.05) is 12.1 Å². The second kappa shape index (κ2) is 10.1. The second-order valence-electron chi connectivity index (χ2n) is 7.31. The Kier molecular flexibility index (Phi) is 7.31. The molecule has 1 amide bonds. The molecule has 2 aromatic rings. The van der Waals surface area contributed by atoms with Gasteiger partial charge in [-0.05, 0) is 68.2 Å². The first-order valence-electron chi connectivity index (χ1n) is 10.0. The molecule has 1 heterocycles. The summed E-state index contributed by atoms with van der Waals surface area (Å²) in [6.45, 7) is 5.61. The summed E-state index contributed by atoms with van der Waals surface area (Å²) in [4.78, 5) is 14.9. The van der Waals surface area contributed by atoms with Crippen molar-refractivity contribution < 1.29 is 14.3 Å². The maximum Gasteiger partial charge on any atom is 0.261 e. The zero-order valence-electron chi connectivity index (χ0n) is 16.8. The standard InChI is InChI=1S/C23H30N2O3/c1-18(28-22-11-9-21(27-2)10-12-22)23(26)24-16-19-7-6-8-20(15-19)17-25-13-4-3-5-14-25/h6-12,15,18H,3-5,13-14,16-17H2,1-2H3,(H,24,26). The predicted octanol–water partition coefficient (Wildman–Crippen LogP) is 3.76. The highest BCUT2D eigenvalue weighted by Crippen LogP contribution is 2.18. The lowest BCUT2D eigenvalue weighted by Gasteiger charge is -2.26. The molecule has 1 unspecified atom stereocenters. The van der Waals surface area contributed by atoms with Crippen LogP contribution in [0.2, 0.25) is 0 Å². The van der Waals surface area contributed by atoms with Crippen molar-refractivity contribution in [2.75, 3.05) is 20.2 Å². The van der Waals surface area contributed by atoms with Gasteiger partial charge in [0, 0.05) is 13.1 Å². The van der Waals surface area contributed by atoms with E-state index >= 15 is 0 Å². The number of hydrogen-bond acceptors (Lipinski definition) is 4. The average molecular weight is 383 g/mol. The Morgan fingerprint density at radius 3 is 2.43 bits per heavy atom. The van der Waals surface area contributed by atoms with E-state index in [-0.39, 0.29) is 5.91 Å². The number of amides is 1. The van der Waals surface area contributed by atoms with Crippen molar-refractivity contribution >= 4 is 5.91 Å². The van der Waals surface area contributed by atoms with E-state index in [4.69, 9.17) is 9.47 Å². The number of nitrogens with zero attached hydrogens (tertiary/aromatic N) is 1. The van der Waals surface area contributed by atoms with E-state index in [9.17, 15) is 4.79 Å². The van der Waals surface area contributed by atoms with Crippen molar-refractivity contribution in [2.45, 2.75) is 45.4 Å². The molecule has 0 spiro atoms. The first kappa shape index (κ1) is 20.2. The van der Waals surface area contributed by atoms with Crippen LogP contribution in [0.4, 0.5) is 0 Å². The highest BCUT2D eigenvalue weighted by molar-refractivity contribution is 5.80. The second-order valence-corrected chi connectivity index (χ2v) is 7.31. The number of carbonyl (C=O) groups excluding carboxylic acids is 1. The number of rotatable bonds is 8. The third-order valence-electron chi connectivity index (χ3n) is 5.05. The Hall–Kier alpha value is -2.53. The van der Waals surface area contributed by atoms with Gasteiger partial charge in [-0.3, -0.25) is 9.69 Å². The molecule has 2 aromatic carbocycles. The fourth-order valence-electron chi connectivity index (χ4n) is 3.46. The molecule has 1 aliphatic rings. The van der Waals surface area contributed by atoms with Crippen LogP contribution in [0.25, 0.3) is 0 Å². The topological polar surface area (TPSA) is 50.8 Å². The molecular formula is C23H30N2O3. The molecule has 1 fully saturated rings. The van der Waals surface area contributed by atoms with E-state index < -0.39 is 6.10 Å². The molecule has 5 nitrogen and oxygen atoms in total. The van der Waals surface area contributed by atoms with E-state index in [1.165, 1.54) is 37.9 Å². The highest BCUT2D eigenvalue weighted by Gasteiger charge is 2.15. The number of methoxy groups -OCH3 is 1. The Balaban J connectivity index is 1.48. The van der Waals surface area contributed by atoms with Crippen LogP contribution in [-0.4, -0.2) is 37.1 Å². The van der Waals surface area contributed by atoms with E-state index in [0.29, 0.717) is 12.3 Å². The first-order valence-corrected chi connectivity index (χ1v) is 10.0. The molecule has 0 bridgehead atoms. The number of likely N-dealkylation sites (tertiary alicyclic amines) is 1. The summed E-state index contributed by atoms with van der Waals surface area (Å²) < 4.78 is 10.8. The first-order chi connectivity index (χ1) is 13.6. The minimum Gasteiger partial charge on any atom is -0.497 e. The third-order valence-corrected chi connectivity index (χ3v) is 5.05. The van der Waals surface area contributed by atoms with E-state index in [0.717, 1.165) is 17.9 Å². The fourth-order valence-corrected chi connectivity index (χ4v) is 3.46. The van der Waals surface area contributed by atoms with Gasteiger partial charge in [-0.15, -0.1) is 0 Å². The minimum absolute atomic E-state index is 0.128. The molecule has 1 aliphatic heterocycles. The number of carbonyl (C=O) groups is 1. The SMILES string of the molecule is COc1ccc(OC(C)C(=O)NCc2cccc(CN3CCCCC3)c2)cc1. The lowest BCUT2D eigenvalue weighted by Crippen LogP contribution is -2.35. The van der Waals surface area contributed by atoms with Crippen LogP contribution in [0.3, 0.4) is 0 Å². The lowest BCUT2D eigenvalue weighted by molar-refractivity contribution is -0.127. The Labute approximate surface area is 167 Å². The van der Waals surface area contributed by atoms with Gasteiger partial charge in [0.25, 0.3) is 5.91 Å². The normalized spacial score (nSPS) is 15.6. The number of piperidine rings is 1. The molecule has 28 heavy (non-hydrogen) atoms. The molecule has 1 N–H and O–H groups in total. The van der Waals surface area contributed by atoms with Crippen molar-refractivity contribution in [3.05, 3.63) is 59.7 Å². The van der Waals surface area contributed by atoms with Crippen LogP contribution in [-0.2, 0) is 17.9 Å². The van der Waals surface area contributed by atoms with Gasteiger partial charge in [-0.1, -0.05) is 30.7 Å². The Bertz CT molecular complexity index is 755. The Morgan fingerprint density at radius 1 is 1.04 bits per heavy atom. The molecule has 0 saturated carbocycles. The largest absolute Gasteiger partial charge is 0.497 e. The van der Waals surface area contributed by atoms with Gasteiger partial charge < -0.3 is 14.8 Å². The van der Waals surface area contributed by atoms with Crippen molar-refractivity contribution in [1.29, 1.82) is 0 Å². The van der Waals surface area contributed by atoms with Crippen molar-refractivity contribution in [3.8, 4) is 11.5 Å². The highest BCUT2D eigenvalue weighted by atomic mass is 16.5. The summed E-state index contributed by atoms with van der Waals surface area (Å²) in [6.07, 6.45) is 3.37. The molecule has 5 heteroatoms. The van der Waals surface area contributed by atoms with Crippen LogP contribution in [0.15, 0.2) is 48.5 Å². The van der Waals surface area contributed by atoms with Crippen molar-refractivity contribution in [3.63, 3.8) is 0 Å². The van der Waals surface area contributed by atoms with E-state index in [1.54, 1.807) is 26.2 Å². The zero-order chi connectivity index (χ0) is 19.8. The summed E-state index contributed by atoms with van der Waals surface area (Å²) >= 11 is 0. The van der Waals surface area contributed by atoms with Gasteiger partial charge in [0.2, 0.25) is 0 Å². The van der Waals surface area contributed by atoms with E-state index in [2.05, 4.69) is 34.5 Å². The number of hydrogen-bond donors (Lipinski definition) is 1. The summed E-state index contributed by atoms with van der Waals surface area (Å²) in [6, 6.07) is 15.7. The molecule has 150 valence electrons. The zero-order valence-corrected chi connectivity index (χ0v) is 16.8. The maximum absolute atomic E-state index is 12.4. The third kappa shape index (κ3) is 5.99. The van der Waals surface area contributed by atoms with Crippen LogP contribution in [0.5, 0.6) is 11.5 Å². The molecule has 1 atom stereocenters. The van der Waals surface area contributed by atoms with Crippen LogP contribution < -0.4 is 14.8 Å². The molecule has 0 radical (unpaired) electrons. The molecule has 1 saturated heterocycles. The number of nitrogens with one attached hydrogen (secondary N) is 1. The van der Waals surface area contributed by atoms with Crippen LogP contribution in [0, 0.1) is 0 Å². The molecule has 3 rings (SSSR count). The monoisotopic (exact) mass is 382 g/mol. The number of ether oxygens (including phenoxy) is 2. The van der Waals surface area contributed by atoms with Gasteiger partial charge in [-0.2, -0.15) is 0 Å². The minimum atomic E-state index is -0.565. The van der Waals surface area contributed by atoms with Crippen LogP contribution >= 0.6 is 0 Å². The van der Waals surface area contributed by atoms with Gasteiger partial charge in [0.15, 0.2) is 6.10 Å². The average Bonchev–Trinajstić information content (AvgIpc) is 2.73. The summed E-state index contributed by atoms with van der Waals surface area (Å²) in [5.74, 6) is 1.28. The van der Waals surface area contributed by atoms with Gasteiger partial charge in [0.1, 0.15) is 11.5 Å². The summed E-state index contributed by atoms with van der Waals surface area (Å²) in [7, 11) is 1.62. The predicted molar refractivity (Wildman–Crippen MR) is 111 cm³/mol. The van der Waals surface area contributed by atoms with Crippen LogP contribution in [0.1, 0.15) is 37.3 Å². The number of benzene rings is 2. The summed E-state index contributed by atoms with van der Waals surface area (Å²) in [5.41, 5.74) is 2.41. The fraction of sp³-hybridized carbons (Fsp3) is 0.435. The molecule has 0 aliphatic carbocycles. The maximum atomic E-state index is 12.4. The van der Waals surface area contributed by atoms with Gasteiger partial charge >= 0.3 is 0 Å². The van der Waals surface area contributed by atoms with Gasteiger partial charge in [-0.25, -0.2) is 0 Å². The van der Waals surface area contributed by atoms with Gasteiger partial charge in [0.05, 0.1) is 7.11 Å². The Morgan fingerprint density at radius 2 is 1.71 bits per heavy atom. The van der Waals surface area contributed by atoms with Crippen molar-refractivity contribution in [1.82, 2.24) is 10.2 Å². The summed E-state index contributed by atoms with van der Waals surface area (Å²) in [5, 5.41) is 2.97. The smallest absolute Gasteiger partial charge is 0.261 e. The molecule has 0 aromatic heterocycles. The quantitative estimate of drug-likeness (QED) is 0.755. The lowest BCUT2D eigenvalue weighted by atomic mass is 10.1. The molecular weight excluding hydrogens is 352 g/mol.